The topological polar surface area (TPSA) is 74.8 Å². The van der Waals surface area contributed by atoms with E-state index in [0.29, 0.717) is 12.4 Å². The van der Waals surface area contributed by atoms with Crippen molar-refractivity contribution in [2.75, 3.05) is 12.4 Å². The number of aromatic amines is 1. The van der Waals surface area contributed by atoms with E-state index in [1.807, 2.05) is 0 Å². The van der Waals surface area contributed by atoms with Gasteiger partial charge >= 0.3 is 0 Å². The molecule has 2 N–H and O–H groups in total. The molecule has 0 aromatic carbocycles. The number of nitrogens with one attached hydrogen (secondary N) is 2. The standard InChI is InChI=1S/C11H16ClN3O2/c12-7-3-1-2-4-8-13-11(17)9-5-6-10(16)15-14-9/h5-6H,1-4,7-8H2,(H,13,17)(H,15,16). The molecule has 1 amide bonds. The van der Waals surface area contributed by atoms with Crippen molar-refractivity contribution in [3.05, 3.63) is 28.2 Å². The zero-order chi connectivity index (χ0) is 12.5. The zero-order valence-corrected chi connectivity index (χ0v) is 10.3. The van der Waals surface area contributed by atoms with E-state index in [2.05, 4.69) is 15.5 Å². The zero-order valence-electron chi connectivity index (χ0n) is 9.54. The number of carbonyl (C=O) groups excluding carboxylic acids is 1. The third kappa shape index (κ3) is 5.49. The maximum atomic E-state index is 11.5. The monoisotopic (exact) mass is 257 g/mol. The molecule has 6 heteroatoms. The normalized spacial score (nSPS) is 10.2. The molecular weight excluding hydrogens is 242 g/mol. The summed E-state index contributed by atoms with van der Waals surface area (Å²) < 4.78 is 0. The number of alkyl halides is 1. The minimum atomic E-state index is -0.317. The molecule has 1 heterocycles. The van der Waals surface area contributed by atoms with E-state index in [-0.39, 0.29) is 17.2 Å². The Kier molecular flexibility index (Phi) is 6.32. The highest BCUT2D eigenvalue weighted by Gasteiger charge is 2.05. The average molecular weight is 258 g/mol. The number of amides is 1. The van der Waals surface area contributed by atoms with E-state index in [1.54, 1.807) is 0 Å². The molecular formula is C11H16ClN3O2. The van der Waals surface area contributed by atoms with Crippen LogP contribution in [0.15, 0.2) is 16.9 Å². The van der Waals surface area contributed by atoms with Crippen molar-refractivity contribution < 1.29 is 4.79 Å². The highest BCUT2D eigenvalue weighted by atomic mass is 35.5. The van der Waals surface area contributed by atoms with Crippen molar-refractivity contribution in [3.8, 4) is 0 Å². The van der Waals surface area contributed by atoms with Gasteiger partial charge in [0.2, 0.25) is 0 Å². The Hall–Kier alpha value is -1.36. The van der Waals surface area contributed by atoms with E-state index in [9.17, 15) is 9.59 Å². The lowest BCUT2D eigenvalue weighted by atomic mass is 10.2. The predicted molar refractivity (Wildman–Crippen MR) is 66.4 cm³/mol. The number of aromatic nitrogens is 2. The van der Waals surface area contributed by atoms with Crippen molar-refractivity contribution in [2.24, 2.45) is 0 Å². The Morgan fingerprint density at radius 3 is 2.71 bits per heavy atom. The maximum Gasteiger partial charge on any atom is 0.271 e. The van der Waals surface area contributed by atoms with E-state index in [4.69, 9.17) is 11.6 Å². The van der Waals surface area contributed by atoms with Crippen LogP contribution < -0.4 is 10.9 Å². The summed E-state index contributed by atoms with van der Waals surface area (Å²) in [5, 5.41) is 8.60. The quantitative estimate of drug-likeness (QED) is 0.571. The largest absolute Gasteiger partial charge is 0.351 e. The summed E-state index contributed by atoms with van der Waals surface area (Å²) in [6, 6.07) is 2.68. The fraction of sp³-hybridized carbons (Fsp3) is 0.545. The molecule has 17 heavy (non-hydrogen) atoms. The van der Waals surface area contributed by atoms with E-state index in [1.165, 1.54) is 12.1 Å². The summed E-state index contributed by atoms with van der Waals surface area (Å²) in [6.07, 6.45) is 4.06. The Morgan fingerprint density at radius 2 is 2.06 bits per heavy atom. The average Bonchev–Trinajstić information content (AvgIpc) is 2.34. The Morgan fingerprint density at radius 1 is 1.29 bits per heavy atom. The number of H-pyrrole nitrogens is 1. The molecule has 0 fully saturated rings. The van der Waals surface area contributed by atoms with Crippen LogP contribution in [0, 0.1) is 0 Å². The van der Waals surface area contributed by atoms with Crippen LogP contribution in [-0.4, -0.2) is 28.5 Å². The predicted octanol–water partition coefficient (Wildman–Crippen LogP) is 1.30. The molecule has 1 aromatic rings. The fourth-order valence-corrected chi connectivity index (χ4v) is 1.53. The number of rotatable bonds is 7. The highest BCUT2D eigenvalue weighted by molar-refractivity contribution is 6.17. The maximum absolute atomic E-state index is 11.5. The van der Waals surface area contributed by atoms with Gasteiger partial charge in [0.15, 0.2) is 0 Å². The molecule has 0 unspecified atom stereocenters. The second-order valence-electron chi connectivity index (χ2n) is 3.67. The van der Waals surface area contributed by atoms with Crippen molar-refractivity contribution >= 4 is 17.5 Å². The van der Waals surface area contributed by atoms with Gasteiger partial charge < -0.3 is 5.32 Å². The van der Waals surface area contributed by atoms with Gasteiger partial charge in [0.25, 0.3) is 11.5 Å². The van der Waals surface area contributed by atoms with Gasteiger partial charge in [-0.2, -0.15) is 5.10 Å². The third-order valence-electron chi connectivity index (χ3n) is 2.26. The van der Waals surface area contributed by atoms with Crippen LogP contribution >= 0.6 is 11.6 Å². The SMILES string of the molecule is O=C(NCCCCCCCl)c1ccc(=O)[nH]n1. The molecule has 94 valence electrons. The lowest BCUT2D eigenvalue weighted by Gasteiger charge is -2.03. The number of nitrogens with zero attached hydrogens (tertiary/aromatic N) is 1. The highest BCUT2D eigenvalue weighted by Crippen LogP contribution is 2.00. The molecule has 1 rings (SSSR count). The first kappa shape index (κ1) is 13.7. The van der Waals surface area contributed by atoms with Crippen molar-refractivity contribution in [3.63, 3.8) is 0 Å². The molecule has 0 radical (unpaired) electrons. The first-order chi connectivity index (χ1) is 8.24. The molecule has 0 saturated carbocycles. The van der Waals surface area contributed by atoms with Gasteiger partial charge in [-0.25, -0.2) is 5.10 Å². The van der Waals surface area contributed by atoms with Crippen LogP contribution in [0.5, 0.6) is 0 Å². The number of hydrogen-bond acceptors (Lipinski definition) is 3. The number of halogens is 1. The van der Waals surface area contributed by atoms with Crippen molar-refractivity contribution in [1.82, 2.24) is 15.5 Å². The summed E-state index contributed by atoms with van der Waals surface area (Å²) in [7, 11) is 0. The summed E-state index contributed by atoms with van der Waals surface area (Å²) in [5.41, 5.74) is -0.0898. The van der Waals surface area contributed by atoms with Crippen LogP contribution in [-0.2, 0) is 0 Å². The molecule has 0 aliphatic heterocycles. The first-order valence-electron chi connectivity index (χ1n) is 5.64. The van der Waals surface area contributed by atoms with Crippen LogP contribution in [0.25, 0.3) is 0 Å². The molecule has 0 saturated heterocycles. The minimum Gasteiger partial charge on any atom is -0.351 e. The van der Waals surface area contributed by atoms with Crippen LogP contribution in [0.2, 0.25) is 0 Å². The molecule has 0 aliphatic rings. The Bertz CT molecular complexity index is 385. The molecule has 0 aliphatic carbocycles. The lowest BCUT2D eigenvalue weighted by Crippen LogP contribution is -2.26. The van der Waals surface area contributed by atoms with Gasteiger partial charge in [-0.05, 0) is 18.9 Å². The molecule has 0 spiro atoms. The van der Waals surface area contributed by atoms with Gasteiger partial charge in [0, 0.05) is 18.5 Å². The fourth-order valence-electron chi connectivity index (χ4n) is 1.34. The summed E-state index contributed by atoms with van der Waals surface area (Å²) in [6.45, 7) is 0.613. The Balaban J connectivity index is 2.21. The number of carbonyl (C=O) groups is 1. The molecule has 0 bridgehead atoms. The van der Waals surface area contributed by atoms with Crippen LogP contribution in [0.3, 0.4) is 0 Å². The summed E-state index contributed by atoms with van der Waals surface area (Å²) in [5.74, 6) is 0.423. The van der Waals surface area contributed by atoms with E-state index < -0.39 is 0 Å². The molecule has 0 atom stereocenters. The summed E-state index contributed by atoms with van der Waals surface area (Å²) in [4.78, 5) is 22.3. The van der Waals surface area contributed by atoms with Crippen LogP contribution in [0.1, 0.15) is 36.2 Å². The van der Waals surface area contributed by atoms with Gasteiger partial charge in [-0.3, -0.25) is 9.59 Å². The summed E-state index contributed by atoms with van der Waals surface area (Å²) >= 11 is 5.55. The second kappa shape index (κ2) is 7.84. The van der Waals surface area contributed by atoms with Crippen molar-refractivity contribution in [1.29, 1.82) is 0 Å². The van der Waals surface area contributed by atoms with Gasteiger partial charge in [0.05, 0.1) is 0 Å². The number of hydrogen-bond donors (Lipinski definition) is 2. The smallest absolute Gasteiger partial charge is 0.271 e. The van der Waals surface area contributed by atoms with Crippen molar-refractivity contribution in [2.45, 2.75) is 25.7 Å². The van der Waals surface area contributed by atoms with E-state index in [0.717, 1.165) is 25.7 Å². The van der Waals surface area contributed by atoms with Gasteiger partial charge in [-0.15, -0.1) is 11.6 Å². The molecule has 5 nitrogen and oxygen atoms in total. The minimum absolute atomic E-state index is 0.227. The Labute approximate surface area is 105 Å². The third-order valence-corrected chi connectivity index (χ3v) is 2.52. The second-order valence-corrected chi connectivity index (χ2v) is 4.04. The number of unbranched alkanes of at least 4 members (excludes halogenated alkanes) is 3. The van der Waals surface area contributed by atoms with Crippen LogP contribution in [0.4, 0.5) is 0 Å². The van der Waals surface area contributed by atoms with E-state index >= 15 is 0 Å². The first-order valence-corrected chi connectivity index (χ1v) is 6.17. The molecule has 1 aromatic heterocycles. The van der Waals surface area contributed by atoms with Gasteiger partial charge in [0.1, 0.15) is 5.69 Å². The van der Waals surface area contributed by atoms with Gasteiger partial charge in [-0.1, -0.05) is 12.8 Å². The lowest BCUT2D eigenvalue weighted by molar-refractivity contribution is 0.0947.